The van der Waals surface area contributed by atoms with Gasteiger partial charge >= 0.3 is 6.09 Å². The van der Waals surface area contributed by atoms with Crippen LogP contribution in [0.3, 0.4) is 0 Å². The molecule has 7 nitrogen and oxygen atoms in total. The van der Waals surface area contributed by atoms with Crippen LogP contribution in [0.2, 0.25) is 0 Å². The highest BCUT2D eigenvalue weighted by Crippen LogP contribution is 2.32. The molecule has 0 aliphatic carbocycles. The van der Waals surface area contributed by atoms with Crippen LogP contribution in [-0.4, -0.2) is 78.8 Å². The molecule has 168 valence electrons. The maximum absolute atomic E-state index is 12.2. The maximum Gasteiger partial charge on any atom is 0.410 e. The number of amides is 1. The minimum Gasteiger partial charge on any atom is -0.444 e. The van der Waals surface area contributed by atoms with Crippen LogP contribution in [0.4, 0.5) is 4.79 Å². The third-order valence-electron chi connectivity index (χ3n) is 6.18. The van der Waals surface area contributed by atoms with E-state index >= 15 is 0 Å². The minimum atomic E-state index is -0.474. The Labute approximate surface area is 177 Å². The Hall–Kier alpha value is -1.50. The average Bonchev–Trinajstić information content (AvgIpc) is 2.60. The number of nitrogens with zero attached hydrogens (tertiary/aromatic N) is 3. The van der Waals surface area contributed by atoms with E-state index in [-0.39, 0.29) is 12.1 Å². The van der Waals surface area contributed by atoms with Crippen LogP contribution in [0.25, 0.3) is 0 Å². The summed E-state index contributed by atoms with van der Waals surface area (Å²) in [7, 11) is 4.08. The monoisotopic (exact) mass is 409 g/mol. The number of fused-ring (bicyclic) bond motifs is 2. The molecule has 1 amide bonds. The smallest absolute Gasteiger partial charge is 0.410 e. The summed E-state index contributed by atoms with van der Waals surface area (Å²) in [6.45, 7) is 11.3. The first-order valence-electron chi connectivity index (χ1n) is 11.3. The Morgan fingerprint density at radius 3 is 2.45 bits per heavy atom. The molecule has 29 heavy (non-hydrogen) atoms. The lowest BCUT2D eigenvalue weighted by atomic mass is 9.82. The van der Waals surface area contributed by atoms with E-state index in [0.717, 1.165) is 18.9 Å². The Morgan fingerprint density at radius 1 is 1.28 bits per heavy atom. The molecule has 2 N–H and O–H groups in total. The Balaban J connectivity index is 1.85. The second-order valence-corrected chi connectivity index (χ2v) is 9.71. The van der Waals surface area contributed by atoms with Gasteiger partial charge in [-0.05, 0) is 73.8 Å². The predicted molar refractivity (Wildman–Crippen MR) is 119 cm³/mol. The molecule has 2 aliphatic heterocycles. The summed E-state index contributed by atoms with van der Waals surface area (Å²) >= 11 is 0. The number of nitrogens with one attached hydrogen (secondary N) is 2. The SMILES string of the molecule is CCNC(=NCCC(C)N(C)C(=O)OC(C)(C)C)NC1CC2CCCC(C1)N2C. The molecule has 2 rings (SSSR count). The van der Waals surface area contributed by atoms with Gasteiger partial charge in [0.1, 0.15) is 5.60 Å². The highest BCUT2D eigenvalue weighted by Gasteiger charge is 2.36. The van der Waals surface area contributed by atoms with Crippen LogP contribution < -0.4 is 10.6 Å². The molecule has 3 unspecified atom stereocenters. The van der Waals surface area contributed by atoms with Crippen molar-refractivity contribution in [3.05, 3.63) is 0 Å². The zero-order valence-electron chi connectivity index (χ0n) is 19.6. The summed E-state index contributed by atoms with van der Waals surface area (Å²) in [5, 5.41) is 7.05. The molecule has 2 bridgehead atoms. The van der Waals surface area contributed by atoms with Gasteiger partial charge in [-0.3, -0.25) is 4.99 Å². The number of piperidine rings is 2. The standard InChI is InChI=1S/C22H43N5O2/c1-8-23-20(25-17-14-18-10-9-11-19(15-17)27(18)7)24-13-12-16(2)26(6)21(28)29-22(3,4)5/h16-19H,8-15H2,1-7H3,(H2,23,24,25). The van der Waals surface area contributed by atoms with Gasteiger partial charge in [0, 0.05) is 44.3 Å². The molecule has 0 spiro atoms. The van der Waals surface area contributed by atoms with Crippen molar-refractivity contribution in [1.29, 1.82) is 0 Å². The second-order valence-electron chi connectivity index (χ2n) is 9.71. The number of guanidine groups is 1. The average molecular weight is 410 g/mol. The van der Waals surface area contributed by atoms with E-state index in [9.17, 15) is 4.79 Å². The molecule has 2 fully saturated rings. The molecular weight excluding hydrogens is 366 g/mol. The number of carbonyl (C=O) groups excluding carboxylic acids is 1. The van der Waals surface area contributed by atoms with Crippen LogP contribution in [-0.2, 0) is 4.74 Å². The molecule has 3 atom stereocenters. The topological polar surface area (TPSA) is 69.2 Å². The van der Waals surface area contributed by atoms with Gasteiger partial charge in [-0.15, -0.1) is 0 Å². The van der Waals surface area contributed by atoms with Gasteiger partial charge in [0.15, 0.2) is 5.96 Å². The zero-order chi connectivity index (χ0) is 21.6. The van der Waals surface area contributed by atoms with Crippen molar-refractivity contribution in [2.75, 3.05) is 27.2 Å². The Kier molecular flexibility index (Phi) is 8.61. The molecule has 0 aromatic rings. The number of carbonyl (C=O) groups is 1. The largest absolute Gasteiger partial charge is 0.444 e. The molecule has 0 aromatic heterocycles. The lowest BCUT2D eigenvalue weighted by Gasteiger charge is -2.47. The summed E-state index contributed by atoms with van der Waals surface area (Å²) in [5.41, 5.74) is -0.474. The fourth-order valence-corrected chi connectivity index (χ4v) is 4.32. The van der Waals surface area contributed by atoms with Crippen molar-refractivity contribution >= 4 is 12.1 Å². The zero-order valence-corrected chi connectivity index (χ0v) is 19.6. The molecule has 7 heteroatoms. The second kappa shape index (κ2) is 10.5. The van der Waals surface area contributed by atoms with E-state index in [1.54, 1.807) is 11.9 Å². The number of hydrogen-bond donors (Lipinski definition) is 2. The van der Waals surface area contributed by atoms with Crippen molar-refractivity contribution in [2.24, 2.45) is 4.99 Å². The summed E-state index contributed by atoms with van der Waals surface area (Å²) in [6.07, 6.45) is 6.89. The quantitative estimate of drug-likeness (QED) is 0.521. The normalized spacial score (nSPS) is 26.6. The third kappa shape index (κ3) is 7.36. The number of rotatable bonds is 6. The van der Waals surface area contributed by atoms with Gasteiger partial charge in [-0.1, -0.05) is 6.42 Å². The van der Waals surface area contributed by atoms with Crippen LogP contribution >= 0.6 is 0 Å². The minimum absolute atomic E-state index is 0.0687. The fraction of sp³-hybridized carbons (Fsp3) is 0.909. The lowest BCUT2D eigenvalue weighted by Crippen LogP contribution is -2.56. The van der Waals surface area contributed by atoms with Crippen molar-refractivity contribution < 1.29 is 9.53 Å². The summed E-state index contributed by atoms with van der Waals surface area (Å²) in [6, 6.07) is 1.95. The summed E-state index contributed by atoms with van der Waals surface area (Å²) < 4.78 is 5.45. The van der Waals surface area contributed by atoms with Crippen LogP contribution in [0.1, 0.15) is 73.1 Å². The van der Waals surface area contributed by atoms with Crippen molar-refractivity contribution in [3.63, 3.8) is 0 Å². The lowest BCUT2D eigenvalue weighted by molar-refractivity contribution is 0.0231. The molecular formula is C22H43N5O2. The van der Waals surface area contributed by atoms with E-state index < -0.39 is 5.60 Å². The Bertz CT molecular complexity index is 546. The highest BCUT2D eigenvalue weighted by atomic mass is 16.6. The first-order valence-corrected chi connectivity index (χ1v) is 11.3. The number of aliphatic imine (C=N–C) groups is 1. The van der Waals surface area contributed by atoms with Gasteiger partial charge in [0.2, 0.25) is 0 Å². The first kappa shape index (κ1) is 23.8. The van der Waals surface area contributed by atoms with Gasteiger partial charge < -0.3 is 25.2 Å². The van der Waals surface area contributed by atoms with Gasteiger partial charge in [-0.2, -0.15) is 0 Å². The van der Waals surface area contributed by atoms with Crippen LogP contribution in [0, 0.1) is 0 Å². The van der Waals surface area contributed by atoms with E-state index in [1.165, 1.54) is 32.1 Å². The van der Waals surface area contributed by atoms with Crippen molar-refractivity contribution in [2.45, 2.75) is 103 Å². The van der Waals surface area contributed by atoms with E-state index in [1.807, 2.05) is 27.7 Å². The highest BCUT2D eigenvalue weighted by molar-refractivity contribution is 5.80. The third-order valence-corrected chi connectivity index (χ3v) is 6.18. The fourth-order valence-electron chi connectivity index (χ4n) is 4.32. The van der Waals surface area contributed by atoms with Gasteiger partial charge in [-0.25, -0.2) is 4.79 Å². The molecule has 2 heterocycles. The molecule has 0 aromatic carbocycles. The van der Waals surface area contributed by atoms with Crippen LogP contribution in [0.5, 0.6) is 0 Å². The molecule has 2 aliphatic rings. The van der Waals surface area contributed by atoms with E-state index in [0.29, 0.717) is 24.7 Å². The summed E-state index contributed by atoms with van der Waals surface area (Å²) in [5.74, 6) is 0.896. The van der Waals surface area contributed by atoms with Crippen molar-refractivity contribution in [3.8, 4) is 0 Å². The molecule has 0 saturated carbocycles. The summed E-state index contributed by atoms with van der Waals surface area (Å²) in [4.78, 5) is 21.3. The van der Waals surface area contributed by atoms with Crippen LogP contribution in [0.15, 0.2) is 4.99 Å². The number of hydrogen-bond acceptors (Lipinski definition) is 4. The molecule has 2 saturated heterocycles. The first-order chi connectivity index (χ1) is 13.6. The van der Waals surface area contributed by atoms with Crippen molar-refractivity contribution in [1.82, 2.24) is 20.4 Å². The van der Waals surface area contributed by atoms with Gasteiger partial charge in [0.05, 0.1) is 0 Å². The van der Waals surface area contributed by atoms with Gasteiger partial charge in [0.25, 0.3) is 0 Å². The predicted octanol–water partition coefficient (Wildman–Crippen LogP) is 3.20. The molecule has 0 radical (unpaired) electrons. The number of ether oxygens (including phenoxy) is 1. The van der Waals surface area contributed by atoms with E-state index in [2.05, 4.69) is 29.5 Å². The van der Waals surface area contributed by atoms with E-state index in [4.69, 9.17) is 9.73 Å². The Morgan fingerprint density at radius 2 is 1.90 bits per heavy atom. The maximum atomic E-state index is 12.2.